The molecule has 3 N–H and O–H groups in total. The van der Waals surface area contributed by atoms with Gasteiger partial charge < -0.3 is 73.0 Å². The average molecular weight is 1450 g/mol. The number of aliphatic hydroxyl groups excluding tert-OH is 1. The molecule has 4 saturated heterocycles. The van der Waals surface area contributed by atoms with Crippen molar-refractivity contribution in [3.8, 4) is 0 Å². The molecule has 7 heterocycles. The number of piperidine rings is 1. The molecule has 6 aliphatic rings. The number of aliphatic hydroxyl groups is 2. The standard InChI is InChI=1S/C77H116N10O17/c1-50-17-13-12-14-18-52(3)64(97-9)43-60-22-20-57(8)77(96,104-60)71(92)72(93)87-25-16-15-19-61(87)73(94)102-65(44-62(88)53(4)40-56(7)69(91)70(99-11)68(90)55(6)39-50)54(5)41-58-21-23-63(66(42-58)98-10)103-76(95)82-49-59-47-80-75(81-48-59)86-32-30-84(31-33-86)67(89)24-35-100-37-38-101-36-34-83-26-28-85(29-27-83)74-78-45-51(2)46-79-74/h12-14,17-18,40,45-48,50,53-55,57-58,60-61,63-66,69-70,91,96H,15-16,19-39,41-44,49H2,1-11H3,(H,82,95)/b14-12+,17-13+,52-18+,56-40+/t50-,53-,54-,55-,57-,58+,60+,61+,63-,64+,65+,66-,69-,70+,77-/m1/s1. The lowest BCUT2D eigenvalue weighted by molar-refractivity contribution is -0.265. The van der Waals surface area contributed by atoms with Crippen LogP contribution in [0.4, 0.5) is 16.7 Å². The Morgan fingerprint density at radius 1 is 0.721 bits per heavy atom. The molecule has 27 nitrogen and oxygen atoms in total. The monoisotopic (exact) mass is 1450 g/mol. The number of methoxy groups -OCH3 is 3. The highest BCUT2D eigenvalue weighted by Crippen LogP contribution is 2.39. The third-order valence-electron chi connectivity index (χ3n) is 21.6. The number of piperazine rings is 2. The van der Waals surface area contributed by atoms with Gasteiger partial charge in [-0.3, -0.25) is 28.9 Å². The number of ketones is 3. The Bertz CT molecular complexity index is 3250. The van der Waals surface area contributed by atoms with E-state index in [-0.39, 0.29) is 68.1 Å². The molecule has 1 aliphatic carbocycles. The molecular weight excluding hydrogens is 1340 g/mol. The first-order valence-electron chi connectivity index (χ1n) is 37.6. The number of Topliss-reactive ketones (excluding diaryl/α,β-unsaturated/α-hetero) is 3. The van der Waals surface area contributed by atoms with Crippen LogP contribution in [0.1, 0.15) is 143 Å². The smallest absolute Gasteiger partial charge is 0.407 e. The number of alkyl carbamates (subject to hydrolysis) is 1. The summed E-state index contributed by atoms with van der Waals surface area (Å²) in [6, 6.07) is -1.21. The summed E-state index contributed by atoms with van der Waals surface area (Å²) in [7, 11) is 4.50. The number of esters is 1. The largest absolute Gasteiger partial charge is 0.460 e. The van der Waals surface area contributed by atoms with Gasteiger partial charge in [0.25, 0.3) is 11.7 Å². The first kappa shape index (κ1) is 82.7. The fourth-order valence-electron chi connectivity index (χ4n) is 14.9. The molecule has 5 aliphatic heterocycles. The number of anilines is 2. The van der Waals surface area contributed by atoms with Crippen LogP contribution in [-0.2, 0) is 73.2 Å². The van der Waals surface area contributed by atoms with Crippen molar-refractivity contribution in [1.82, 2.24) is 40.0 Å². The maximum atomic E-state index is 14.8. The number of hydrogen-bond acceptors (Lipinski definition) is 24. The summed E-state index contributed by atoms with van der Waals surface area (Å²) in [6.45, 7) is 23.1. The fourth-order valence-corrected chi connectivity index (χ4v) is 14.9. The van der Waals surface area contributed by atoms with Crippen molar-refractivity contribution in [2.75, 3.05) is 123 Å². The summed E-state index contributed by atoms with van der Waals surface area (Å²) < 4.78 is 47.6. The Balaban J connectivity index is 0.824. The topological polar surface area (TPSA) is 314 Å². The second-order valence-electron chi connectivity index (χ2n) is 29.4. The van der Waals surface area contributed by atoms with Gasteiger partial charge in [-0.15, -0.1) is 0 Å². The molecule has 0 unspecified atom stereocenters. The number of carbonyl (C=O) groups excluding carboxylic acids is 7. The van der Waals surface area contributed by atoms with Crippen LogP contribution in [-0.4, -0.2) is 254 Å². The molecule has 5 fully saturated rings. The Morgan fingerprint density at radius 3 is 2.07 bits per heavy atom. The van der Waals surface area contributed by atoms with Gasteiger partial charge in [0.15, 0.2) is 5.78 Å². The first-order chi connectivity index (χ1) is 49.9. The maximum absolute atomic E-state index is 14.8. The number of fused-ring (bicyclic) bond motifs is 3. The van der Waals surface area contributed by atoms with Gasteiger partial charge in [-0.2, -0.15) is 0 Å². The zero-order valence-electron chi connectivity index (χ0n) is 63.2. The van der Waals surface area contributed by atoms with Crippen molar-refractivity contribution in [2.24, 2.45) is 35.5 Å². The minimum Gasteiger partial charge on any atom is -0.460 e. The zero-order chi connectivity index (χ0) is 75.0. The van der Waals surface area contributed by atoms with Gasteiger partial charge in [0, 0.05) is 154 Å². The van der Waals surface area contributed by atoms with E-state index in [1.54, 1.807) is 60.4 Å². The lowest BCUT2D eigenvalue weighted by Crippen LogP contribution is -2.61. The van der Waals surface area contributed by atoms with Crippen molar-refractivity contribution in [2.45, 2.75) is 200 Å². The molecule has 104 heavy (non-hydrogen) atoms. The third kappa shape index (κ3) is 23.5. The van der Waals surface area contributed by atoms with E-state index in [9.17, 15) is 43.8 Å². The SMILES string of the molecule is CO[C@H]1C[C@@H]2CC[C@@H](C)[C@@](O)(O2)C(=O)C(=O)N2CCCC[C@H]2C(=O)O[C@H]([C@H](C)C[C@@H]2CC[C@@H](OC(=O)NCc3cnc(N4CCN(C(=O)CCOCCOCCN5CCN(c6ncc(C)cn6)CC5)CC4)nc3)[C@H](OC)C2)CC(=O)[C@H](C)/C=C(\C)[C@@H](O)[C@@H](OC)C(=O)[C@H](C)C[C@H](C)/C=C/C=C/C=C/1C. The van der Waals surface area contributed by atoms with Crippen molar-refractivity contribution in [3.63, 3.8) is 0 Å². The Hall–Kier alpha value is -6.95. The first-order valence-corrected chi connectivity index (χ1v) is 37.6. The number of ether oxygens (including phenoxy) is 8. The number of hydrogen-bond donors (Lipinski definition) is 3. The number of carbonyl (C=O) groups is 7. The third-order valence-corrected chi connectivity index (χ3v) is 21.6. The zero-order valence-corrected chi connectivity index (χ0v) is 63.2. The van der Waals surface area contributed by atoms with Gasteiger partial charge in [-0.05, 0) is 119 Å². The Morgan fingerprint density at radius 2 is 1.39 bits per heavy atom. The van der Waals surface area contributed by atoms with E-state index in [1.807, 2.05) is 80.3 Å². The predicted octanol–water partition coefficient (Wildman–Crippen LogP) is 6.90. The molecule has 576 valence electrons. The van der Waals surface area contributed by atoms with Gasteiger partial charge in [0.1, 0.15) is 36.2 Å². The molecule has 27 heteroatoms. The predicted molar refractivity (Wildman–Crippen MR) is 389 cm³/mol. The van der Waals surface area contributed by atoms with E-state index in [4.69, 9.17) is 37.9 Å². The highest BCUT2D eigenvalue weighted by atomic mass is 16.6. The van der Waals surface area contributed by atoms with E-state index >= 15 is 0 Å². The van der Waals surface area contributed by atoms with Gasteiger partial charge in [0.2, 0.25) is 23.6 Å². The summed E-state index contributed by atoms with van der Waals surface area (Å²) >= 11 is 0. The summed E-state index contributed by atoms with van der Waals surface area (Å²) in [5, 5.41) is 26.6. The average Bonchev–Trinajstić information content (AvgIpc) is 0.771. The quantitative estimate of drug-likeness (QED) is 0.0525. The fraction of sp³-hybridized carbons (Fsp3) is 0.701. The van der Waals surface area contributed by atoms with Crippen LogP contribution in [0.5, 0.6) is 0 Å². The van der Waals surface area contributed by atoms with Gasteiger partial charge in [-0.25, -0.2) is 29.5 Å². The van der Waals surface area contributed by atoms with Crippen molar-refractivity contribution in [3.05, 3.63) is 83.5 Å². The molecule has 0 radical (unpaired) electrons. The Labute approximate surface area is 614 Å². The summed E-state index contributed by atoms with van der Waals surface area (Å²) in [4.78, 5) is 126. The number of nitrogens with one attached hydrogen (secondary N) is 1. The van der Waals surface area contributed by atoms with E-state index < -0.39 is 102 Å². The van der Waals surface area contributed by atoms with Gasteiger partial charge in [0.05, 0.1) is 51.2 Å². The molecule has 0 spiro atoms. The van der Waals surface area contributed by atoms with Crippen LogP contribution in [0.25, 0.3) is 0 Å². The number of cyclic esters (lactones) is 1. The molecule has 0 aromatic carbocycles. The number of nitrogens with zero attached hydrogens (tertiary/aromatic N) is 9. The molecular formula is C77H116N10O17. The lowest BCUT2D eigenvalue weighted by atomic mass is 9.78. The number of rotatable bonds is 20. The van der Waals surface area contributed by atoms with Crippen LogP contribution < -0.4 is 15.1 Å². The minimum atomic E-state index is -2.48. The van der Waals surface area contributed by atoms with Crippen LogP contribution in [0, 0.1) is 42.4 Å². The number of aromatic nitrogens is 4. The maximum Gasteiger partial charge on any atom is 0.407 e. The minimum absolute atomic E-state index is 0.0159. The highest BCUT2D eigenvalue weighted by Gasteiger charge is 2.53. The van der Waals surface area contributed by atoms with Crippen molar-refractivity contribution >= 4 is 53.1 Å². The summed E-state index contributed by atoms with van der Waals surface area (Å²) in [5.41, 5.74) is 2.91. The molecule has 1 saturated carbocycles. The van der Waals surface area contributed by atoms with Gasteiger partial charge >= 0.3 is 12.1 Å². The summed E-state index contributed by atoms with van der Waals surface area (Å²) in [5.74, 6) is -7.33. The van der Waals surface area contributed by atoms with Crippen LogP contribution in [0.2, 0.25) is 0 Å². The van der Waals surface area contributed by atoms with Crippen LogP contribution in [0.15, 0.2) is 72.4 Å². The van der Waals surface area contributed by atoms with Crippen LogP contribution >= 0.6 is 0 Å². The van der Waals surface area contributed by atoms with E-state index in [0.29, 0.717) is 127 Å². The lowest BCUT2D eigenvalue weighted by Gasteiger charge is -2.42. The second-order valence-corrected chi connectivity index (χ2v) is 29.4. The van der Waals surface area contributed by atoms with E-state index in [1.165, 1.54) is 12.0 Å². The van der Waals surface area contributed by atoms with Crippen LogP contribution in [0.3, 0.4) is 0 Å². The van der Waals surface area contributed by atoms with Crippen molar-refractivity contribution in [1.29, 1.82) is 0 Å². The van der Waals surface area contributed by atoms with E-state index in [0.717, 1.165) is 49.8 Å². The number of amides is 3. The Kier molecular flexibility index (Phi) is 32.3. The van der Waals surface area contributed by atoms with E-state index in [2.05, 4.69) is 35.1 Å². The van der Waals surface area contributed by atoms with Crippen molar-refractivity contribution < 1.29 is 81.7 Å². The molecule has 8 rings (SSSR count). The second kappa shape index (κ2) is 40.7. The normalized spacial score (nSPS) is 31.5. The van der Waals surface area contributed by atoms with Gasteiger partial charge in [-0.1, -0.05) is 71.1 Å². The highest BCUT2D eigenvalue weighted by molar-refractivity contribution is 6.39. The molecule has 3 amide bonds. The molecule has 15 atom stereocenters. The molecule has 2 bridgehead atoms. The molecule has 2 aromatic heterocycles. The number of aryl methyl sites for hydroxylation is 1. The number of allylic oxidation sites excluding steroid dienone is 6. The summed E-state index contributed by atoms with van der Waals surface area (Å²) in [6.07, 6.45) is 16.6. The molecule has 2 aromatic rings.